The van der Waals surface area contributed by atoms with E-state index in [1.54, 1.807) is 24.4 Å². The van der Waals surface area contributed by atoms with Crippen LogP contribution in [0.2, 0.25) is 0 Å². The summed E-state index contributed by atoms with van der Waals surface area (Å²) in [5, 5.41) is 9.98. The van der Waals surface area contributed by atoms with E-state index < -0.39 is 19.2 Å². The molecular weight excluding hydrogens is 453 g/mol. The third kappa shape index (κ3) is 3.93. The first-order valence-corrected chi connectivity index (χ1v) is 10.6. The predicted octanol–water partition coefficient (Wildman–Crippen LogP) is 2.89. The van der Waals surface area contributed by atoms with Crippen molar-refractivity contribution in [3.63, 3.8) is 0 Å². The molecule has 156 valence electrons. The molecule has 0 amide bonds. The monoisotopic (exact) mass is 473 g/mol. The Morgan fingerprint density at radius 1 is 1.17 bits per heavy atom. The third-order valence-corrected chi connectivity index (χ3v) is 5.76. The predicted molar refractivity (Wildman–Crippen MR) is 114 cm³/mol. The van der Waals surface area contributed by atoms with Crippen LogP contribution in [0.4, 0.5) is 5.69 Å². The van der Waals surface area contributed by atoms with E-state index in [-0.39, 0.29) is 24.1 Å². The molecule has 7 nitrogen and oxygen atoms in total. The van der Waals surface area contributed by atoms with Crippen LogP contribution in [-0.4, -0.2) is 55.4 Å². The lowest BCUT2D eigenvalue weighted by Crippen LogP contribution is -2.53. The van der Waals surface area contributed by atoms with Gasteiger partial charge in [0.05, 0.1) is 12.3 Å². The van der Waals surface area contributed by atoms with Gasteiger partial charge in [0, 0.05) is 16.3 Å². The molecule has 3 aliphatic rings. The van der Waals surface area contributed by atoms with Gasteiger partial charge in [-0.3, -0.25) is 4.99 Å². The van der Waals surface area contributed by atoms with Gasteiger partial charge in [0.15, 0.2) is 12.1 Å². The molecule has 1 N–H and O–H groups in total. The maximum absolute atomic E-state index is 9.98. The van der Waals surface area contributed by atoms with E-state index in [9.17, 15) is 5.11 Å². The number of phenols is 1. The van der Waals surface area contributed by atoms with E-state index >= 15 is 0 Å². The van der Waals surface area contributed by atoms with Crippen molar-refractivity contribution in [1.82, 2.24) is 0 Å². The van der Waals surface area contributed by atoms with Crippen molar-refractivity contribution in [2.75, 3.05) is 6.61 Å². The Morgan fingerprint density at radius 3 is 2.90 bits per heavy atom. The van der Waals surface area contributed by atoms with Gasteiger partial charge >= 0.3 is 7.12 Å². The molecule has 5 rings (SSSR count). The average Bonchev–Trinajstić information content (AvgIpc) is 3.20. The molecule has 30 heavy (non-hydrogen) atoms. The number of hydrogen-bond donors (Lipinski definition) is 1. The Labute approximate surface area is 183 Å². The highest BCUT2D eigenvalue weighted by Gasteiger charge is 2.57. The van der Waals surface area contributed by atoms with E-state index in [2.05, 4.69) is 20.9 Å². The van der Waals surface area contributed by atoms with E-state index in [0.717, 1.165) is 15.6 Å². The molecule has 2 aromatic carbocycles. The highest BCUT2D eigenvalue weighted by atomic mass is 79.9. The molecule has 9 heteroatoms. The number of aliphatic imine (C=N–C) groups is 1. The Balaban J connectivity index is 1.32. The molecule has 0 spiro atoms. The number of rotatable bonds is 3. The molecule has 0 radical (unpaired) electrons. The fourth-order valence-corrected chi connectivity index (χ4v) is 4.29. The van der Waals surface area contributed by atoms with Gasteiger partial charge in [-0.1, -0.05) is 28.1 Å². The topological polar surface area (TPSA) is 78.7 Å². The molecule has 3 aliphatic heterocycles. The molecule has 3 heterocycles. The quantitative estimate of drug-likeness (QED) is 0.545. The molecule has 3 fully saturated rings. The lowest BCUT2D eigenvalue weighted by atomic mass is 9.77. The summed E-state index contributed by atoms with van der Waals surface area (Å²) < 4.78 is 30.6. The summed E-state index contributed by atoms with van der Waals surface area (Å²) in [5.41, 5.74) is 2.20. The first kappa shape index (κ1) is 20.2. The van der Waals surface area contributed by atoms with Crippen LogP contribution in [0.1, 0.15) is 19.4 Å². The summed E-state index contributed by atoms with van der Waals surface area (Å²) in [6, 6.07) is 12.8. The minimum absolute atomic E-state index is 0.167. The normalized spacial score (nSPS) is 29.9. The average molecular weight is 474 g/mol. The van der Waals surface area contributed by atoms with Crippen LogP contribution in [-0.2, 0) is 23.5 Å². The van der Waals surface area contributed by atoms with Crippen LogP contribution in [0.5, 0.6) is 5.75 Å². The Bertz CT molecular complexity index is 986. The fourth-order valence-electron chi connectivity index (χ4n) is 3.91. The lowest BCUT2D eigenvalue weighted by Gasteiger charge is -2.32. The Morgan fingerprint density at radius 2 is 2.03 bits per heavy atom. The second-order valence-corrected chi connectivity index (χ2v) is 8.88. The largest absolute Gasteiger partial charge is 0.507 e. The Kier molecular flexibility index (Phi) is 5.21. The maximum atomic E-state index is 9.98. The second kappa shape index (κ2) is 7.74. The minimum atomic E-state index is -0.690. The molecule has 0 bridgehead atoms. The summed E-state index contributed by atoms with van der Waals surface area (Å²) in [7, 11) is -0.546. The third-order valence-electron chi connectivity index (χ3n) is 5.26. The molecule has 3 saturated heterocycles. The van der Waals surface area contributed by atoms with Crippen molar-refractivity contribution in [1.29, 1.82) is 0 Å². The molecule has 0 saturated carbocycles. The molecule has 0 aromatic heterocycles. The summed E-state index contributed by atoms with van der Waals surface area (Å²) >= 11 is 3.40. The molecule has 0 aliphatic carbocycles. The number of fused-ring (bicyclic) bond motifs is 3. The summed E-state index contributed by atoms with van der Waals surface area (Å²) in [6.45, 7) is 4.13. The number of phenolic OH excluding ortho intramolecular Hbond substituents is 1. The van der Waals surface area contributed by atoms with Crippen molar-refractivity contribution < 1.29 is 28.6 Å². The number of nitrogens with zero attached hydrogens (tertiary/aromatic N) is 1. The van der Waals surface area contributed by atoms with Crippen molar-refractivity contribution in [3.05, 3.63) is 52.5 Å². The van der Waals surface area contributed by atoms with Gasteiger partial charge in [0.25, 0.3) is 0 Å². The number of hydrogen-bond acceptors (Lipinski definition) is 7. The SMILES string of the molecule is CC1(C)O[C@H]2O[C@@H]3COB(c4cccc(N=Cc5cc(Br)ccc5O)c4)O[C@@H]3[C@H]2O1. The maximum Gasteiger partial charge on any atom is 0.494 e. The van der Waals surface area contributed by atoms with E-state index in [1.807, 2.05) is 38.1 Å². The summed E-state index contributed by atoms with van der Waals surface area (Å²) in [4.78, 5) is 4.49. The van der Waals surface area contributed by atoms with Crippen molar-refractivity contribution in [2.24, 2.45) is 4.99 Å². The van der Waals surface area contributed by atoms with Gasteiger partial charge in [-0.15, -0.1) is 0 Å². The smallest absolute Gasteiger partial charge is 0.494 e. The second-order valence-electron chi connectivity index (χ2n) is 7.97. The molecule has 0 unspecified atom stereocenters. The first-order valence-electron chi connectivity index (χ1n) is 9.79. The van der Waals surface area contributed by atoms with Crippen molar-refractivity contribution in [2.45, 2.75) is 44.2 Å². The fraction of sp³-hybridized carbons (Fsp3) is 0.381. The highest BCUT2D eigenvalue weighted by molar-refractivity contribution is 9.10. The highest BCUT2D eigenvalue weighted by Crippen LogP contribution is 2.40. The molecular formula is C21H21BBrNO6. The van der Waals surface area contributed by atoms with Crippen molar-refractivity contribution in [3.8, 4) is 5.75 Å². The van der Waals surface area contributed by atoms with Crippen LogP contribution < -0.4 is 5.46 Å². The Hall–Kier alpha value is -1.75. The van der Waals surface area contributed by atoms with Crippen LogP contribution in [0.25, 0.3) is 0 Å². The standard InChI is InChI=1S/C21H21BBrNO6/c1-21(2)28-19-18-17(27-20(19)29-21)11-26-22(30-18)13-4-3-5-15(9-13)24-10-12-8-14(23)6-7-16(12)25/h3-10,17-20,25H,11H2,1-2H3/t17-,18+,19-,20-/m1/s1. The van der Waals surface area contributed by atoms with Crippen LogP contribution in [0.15, 0.2) is 51.9 Å². The zero-order valence-corrected chi connectivity index (χ0v) is 18.1. The zero-order valence-electron chi connectivity index (χ0n) is 16.5. The number of aromatic hydroxyl groups is 1. The van der Waals surface area contributed by atoms with E-state index in [4.69, 9.17) is 23.5 Å². The summed E-state index contributed by atoms with van der Waals surface area (Å²) in [6.07, 6.45) is 0.427. The van der Waals surface area contributed by atoms with Crippen LogP contribution >= 0.6 is 15.9 Å². The van der Waals surface area contributed by atoms with Crippen LogP contribution in [0, 0.1) is 0 Å². The van der Waals surface area contributed by atoms with Gasteiger partial charge in [-0.05, 0) is 49.6 Å². The minimum Gasteiger partial charge on any atom is -0.507 e. The van der Waals surface area contributed by atoms with Gasteiger partial charge in [0.2, 0.25) is 0 Å². The number of benzene rings is 2. The summed E-state index contributed by atoms with van der Waals surface area (Å²) in [5.74, 6) is -0.523. The van der Waals surface area contributed by atoms with E-state index in [1.165, 1.54) is 0 Å². The van der Waals surface area contributed by atoms with Gasteiger partial charge in [-0.2, -0.15) is 0 Å². The number of ether oxygens (including phenoxy) is 3. The first-order chi connectivity index (χ1) is 14.4. The van der Waals surface area contributed by atoms with Gasteiger partial charge in [-0.25, -0.2) is 0 Å². The molecule has 4 atom stereocenters. The molecule has 2 aromatic rings. The van der Waals surface area contributed by atoms with Crippen LogP contribution in [0.3, 0.4) is 0 Å². The van der Waals surface area contributed by atoms with Gasteiger partial charge in [0.1, 0.15) is 24.1 Å². The zero-order chi connectivity index (χ0) is 20.9. The van der Waals surface area contributed by atoms with E-state index in [0.29, 0.717) is 12.2 Å². The lowest BCUT2D eigenvalue weighted by molar-refractivity contribution is -0.221. The number of halogens is 1. The van der Waals surface area contributed by atoms with Crippen molar-refractivity contribution >= 4 is 40.4 Å². The van der Waals surface area contributed by atoms with Gasteiger partial charge < -0.3 is 28.6 Å².